The molecule has 1 aromatic rings. The Morgan fingerprint density at radius 3 is 2.78 bits per heavy atom. The van der Waals surface area contributed by atoms with Crippen molar-refractivity contribution < 1.29 is 14.0 Å². The summed E-state index contributed by atoms with van der Waals surface area (Å²) >= 11 is 0. The summed E-state index contributed by atoms with van der Waals surface area (Å²) in [5.41, 5.74) is 0.925. The molecule has 1 heterocycles. The van der Waals surface area contributed by atoms with Crippen LogP contribution in [0.25, 0.3) is 0 Å². The molecule has 1 aromatic carbocycles. The number of benzene rings is 1. The maximum absolute atomic E-state index is 13.7. The maximum Gasteiger partial charge on any atom is 0.253 e. The summed E-state index contributed by atoms with van der Waals surface area (Å²) < 4.78 is 13.7. The van der Waals surface area contributed by atoms with E-state index in [2.05, 4.69) is 5.32 Å². The zero-order chi connectivity index (χ0) is 17.0. The SMILES string of the molecule is Cc1ccc(C(=O)N2CCCC(CNC(=O)C(C)C)C2)cc1F. The van der Waals surface area contributed by atoms with Crippen molar-refractivity contribution in [2.24, 2.45) is 11.8 Å². The number of amides is 2. The number of rotatable bonds is 4. The van der Waals surface area contributed by atoms with Crippen LogP contribution >= 0.6 is 0 Å². The molecule has 1 saturated heterocycles. The number of aryl methyl sites for hydroxylation is 1. The third-order valence-corrected chi connectivity index (χ3v) is 4.31. The fourth-order valence-electron chi connectivity index (χ4n) is 2.77. The summed E-state index contributed by atoms with van der Waals surface area (Å²) in [7, 11) is 0. The second-order valence-corrected chi connectivity index (χ2v) is 6.62. The van der Waals surface area contributed by atoms with E-state index < -0.39 is 0 Å². The van der Waals surface area contributed by atoms with Crippen LogP contribution in [0.15, 0.2) is 18.2 Å². The van der Waals surface area contributed by atoms with Crippen LogP contribution < -0.4 is 5.32 Å². The van der Waals surface area contributed by atoms with Crippen LogP contribution in [-0.2, 0) is 4.79 Å². The number of carbonyl (C=O) groups is 2. The van der Waals surface area contributed by atoms with E-state index in [1.807, 2.05) is 13.8 Å². The van der Waals surface area contributed by atoms with Crippen molar-refractivity contribution >= 4 is 11.8 Å². The van der Waals surface area contributed by atoms with Crippen molar-refractivity contribution in [1.82, 2.24) is 10.2 Å². The molecule has 1 aliphatic rings. The van der Waals surface area contributed by atoms with Gasteiger partial charge in [0.15, 0.2) is 0 Å². The zero-order valence-corrected chi connectivity index (χ0v) is 14.1. The molecule has 2 rings (SSSR count). The predicted molar refractivity (Wildman–Crippen MR) is 87.6 cm³/mol. The summed E-state index contributed by atoms with van der Waals surface area (Å²) in [4.78, 5) is 25.9. The minimum Gasteiger partial charge on any atom is -0.356 e. The Labute approximate surface area is 137 Å². The van der Waals surface area contributed by atoms with Crippen molar-refractivity contribution in [3.05, 3.63) is 35.1 Å². The lowest BCUT2D eigenvalue weighted by molar-refractivity contribution is -0.124. The summed E-state index contributed by atoms with van der Waals surface area (Å²) in [6.07, 6.45) is 1.90. The van der Waals surface area contributed by atoms with Gasteiger partial charge in [-0.15, -0.1) is 0 Å². The fraction of sp³-hybridized carbons (Fsp3) is 0.556. The highest BCUT2D eigenvalue weighted by Gasteiger charge is 2.25. The van der Waals surface area contributed by atoms with Gasteiger partial charge in [-0.05, 0) is 43.4 Å². The molecule has 0 spiro atoms. The van der Waals surface area contributed by atoms with E-state index in [9.17, 15) is 14.0 Å². The molecule has 0 aromatic heterocycles. The lowest BCUT2D eigenvalue weighted by Gasteiger charge is -2.33. The first-order chi connectivity index (χ1) is 10.9. The topological polar surface area (TPSA) is 49.4 Å². The number of piperidine rings is 1. The molecule has 0 radical (unpaired) electrons. The van der Waals surface area contributed by atoms with E-state index in [4.69, 9.17) is 0 Å². The Bertz CT molecular complexity index is 586. The van der Waals surface area contributed by atoms with Gasteiger partial charge in [-0.1, -0.05) is 19.9 Å². The molecule has 0 aliphatic carbocycles. The minimum atomic E-state index is -0.353. The van der Waals surface area contributed by atoms with Crippen molar-refractivity contribution in [2.45, 2.75) is 33.6 Å². The first-order valence-corrected chi connectivity index (χ1v) is 8.21. The van der Waals surface area contributed by atoms with Gasteiger partial charge in [0.05, 0.1) is 0 Å². The van der Waals surface area contributed by atoms with E-state index in [1.54, 1.807) is 24.0 Å². The molecule has 2 amide bonds. The second kappa shape index (κ2) is 7.57. The maximum atomic E-state index is 13.7. The van der Waals surface area contributed by atoms with Crippen LogP contribution in [0, 0.1) is 24.6 Å². The van der Waals surface area contributed by atoms with Crippen molar-refractivity contribution in [2.75, 3.05) is 19.6 Å². The lowest BCUT2D eigenvalue weighted by atomic mass is 9.97. The number of carbonyl (C=O) groups excluding carboxylic acids is 2. The normalized spacial score (nSPS) is 18.1. The van der Waals surface area contributed by atoms with E-state index >= 15 is 0 Å². The molecular weight excluding hydrogens is 295 g/mol. The Balaban J connectivity index is 1.96. The standard InChI is InChI=1S/C18H25FN2O2/c1-12(2)17(22)20-10-14-5-4-8-21(11-14)18(23)15-7-6-13(3)16(19)9-15/h6-7,9,12,14H,4-5,8,10-11H2,1-3H3,(H,20,22). The van der Waals surface area contributed by atoms with Crippen molar-refractivity contribution in [1.29, 1.82) is 0 Å². The van der Waals surface area contributed by atoms with Crippen LogP contribution in [0.4, 0.5) is 4.39 Å². The Morgan fingerprint density at radius 2 is 2.13 bits per heavy atom. The molecular formula is C18H25FN2O2. The third kappa shape index (κ3) is 4.53. The first-order valence-electron chi connectivity index (χ1n) is 8.21. The summed E-state index contributed by atoms with van der Waals surface area (Å²) in [6, 6.07) is 4.61. The first kappa shape index (κ1) is 17.4. The molecule has 126 valence electrons. The van der Waals surface area contributed by atoms with Gasteiger partial charge in [-0.3, -0.25) is 9.59 Å². The van der Waals surface area contributed by atoms with Crippen LogP contribution in [0.2, 0.25) is 0 Å². The van der Waals surface area contributed by atoms with Gasteiger partial charge in [-0.25, -0.2) is 4.39 Å². The van der Waals surface area contributed by atoms with Crippen LogP contribution in [0.5, 0.6) is 0 Å². The quantitative estimate of drug-likeness (QED) is 0.927. The second-order valence-electron chi connectivity index (χ2n) is 6.62. The number of hydrogen-bond donors (Lipinski definition) is 1. The van der Waals surface area contributed by atoms with E-state index in [0.29, 0.717) is 30.8 Å². The van der Waals surface area contributed by atoms with E-state index in [1.165, 1.54) is 6.07 Å². The number of likely N-dealkylation sites (tertiary alicyclic amines) is 1. The molecule has 5 heteroatoms. The van der Waals surface area contributed by atoms with Gasteiger partial charge >= 0.3 is 0 Å². The minimum absolute atomic E-state index is 0.0353. The van der Waals surface area contributed by atoms with E-state index in [0.717, 1.165) is 12.8 Å². The van der Waals surface area contributed by atoms with Crippen molar-refractivity contribution in [3.63, 3.8) is 0 Å². The zero-order valence-electron chi connectivity index (χ0n) is 14.1. The van der Waals surface area contributed by atoms with Crippen LogP contribution in [0.3, 0.4) is 0 Å². The van der Waals surface area contributed by atoms with Gasteiger partial charge in [0.1, 0.15) is 5.82 Å². The number of nitrogens with zero attached hydrogens (tertiary/aromatic N) is 1. The van der Waals surface area contributed by atoms with Crippen molar-refractivity contribution in [3.8, 4) is 0 Å². The van der Waals surface area contributed by atoms with Crippen LogP contribution in [-0.4, -0.2) is 36.3 Å². The average Bonchev–Trinajstić information content (AvgIpc) is 2.54. The number of hydrogen-bond acceptors (Lipinski definition) is 2. The van der Waals surface area contributed by atoms with Gasteiger partial charge in [0.2, 0.25) is 5.91 Å². The van der Waals surface area contributed by atoms with Gasteiger partial charge in [0.25, 0.3) is 5.91 Å². The van der Waals surface area contributed by atoms with Gasteiger partial charge in [-0.2, -0.15) is 0 Å². The highest BCUT2D eigenvalue weighted by Crippen LogP contribution is 2.19. The summed E-state index contributed by atoms with van der Waals surface area (Å²) in [5.74, 6) is -0.232. The highest BCUT2D eigenvalue weighted by molar-refractivity contribution is 5.94. The molecule has 1 N–H and O–H groups in total. The number of nitrogens with one attached hydrogen (secondary N) is 1. The number of halogens is 1. The summed E-state index contributed by atoms with van der Waals surface area (Å²) in [5, 5.41) is 2.93. The smallest absolute Gasteiger partial charge is 0.253 e. The van der Waals surface area contributed by atoms with Crippen LogP contribution in [0.1, 0.15) is 42.6 Å². The molecule has 1 atom stereocenters. The molecule has 1 aliphatic heterocycles. The van der Waals surface area contributed by atoms with Gasteiger partial charge < -0.3 is 10.2 Å². The Kier molecular flexibility index (Phi) is 5.74. The Morgan fingerprint density at radius 1 is 1.39 bits per heavy atom. The molecule has 4 nitrogen and oxygen atoms in total. The van der Waals surface area contributed by atoms with Gasteiger partial charge in [0, 0.05) is 31.1 Å². The molecule has 1 fully saturated rings. The summed E-state index contributed by atoms with van der Waals surface area (Å²) in [6.45, 7) is 7.27. The lowest BCUT2D eigenvalue weighted by Crippen LogP contribution is -2.44. The fourth-order valence-corrected chi connectivity index (χ4v) is 2.77. The Hall–Kier alpha value is -1.91. The molecule has 23 heavy (non-hydrogen) atoms. The highest BCUT2D eigenvalue weighted by atomic mass is 19.1. The average molecular weight is 320 g/mol. The largest absolute Gasteiger partial charge is 0.356 e. The predicted octanol–water partition coefficient (Wildman–Crippen LogP) is 2.76. The third-order valence-electron chi connectivity index (χ3n) is 4.31. The molecule has 1 unspecified atom stereocenters. The van der Waals surface area contributed by atoms with E-state index in [-0.39, 0.29) is 29.5 Å². The monoisotopic (exact) mass is 320 g/mol. The molecule has 0 saturated carbocycles. The molecule has 0 bridgehead atoms.